The van der Waals surface area contributed by atoms with Crippen LogP contribution in [0.5, 0.6) is 0 Å². The number of ether oxygens (including phenoxy) is 1. The summed E-state index contributed by atoms with van der Waals surface area (Å²) in [5.41, 5.74) is 7.00. The summed E-state index contributed by atoms with van der Waals surface area (Å²) in [5, 5.41) is 2.03. The summed E-state index contributed by atoms with van der Waals surface area (Å²) >= 11 is 1.64. The molecule has 88 valence electrons. The second-order valence-corrected chi connectivity index (χ2v) is 5.27. The number of imidazole rings is 1. The van der Waals surface area contributed by atoms with Crippen LogP contribution < -0.4 is 5.73 Å². The molecule has 0 spiro atoms. The molecule has 2 heterocycles. The third kappa shape index (κ3) is 2.61. The summed E-state index contributed by atoms with van der Waals surface area (Å²) in [4.78, 5) is 5.55. The van der Waals surface area contributed by atoms with Crippen molar-refractivity contribution in [1.82, 2.24) is 9.38 Å². The van der Waals surface area contributed by atoms with Gasteiger partial charge in [-0.3, -0.25) is 4.40 Å². The number of hydrogen-bond donors (Lipinski definition) is 1. The van der Waals surface area contributed by atoms with E-state index in [2.05, 4.69) is 4.98 Å². The third-order valence-electron chi connectivity index (χ3n) is 2.61. The van der Waals surface area contributed by atoms with Gasteiger partial charge in [-0.15, -0.1) is 11.3 Å². The van der Waals surface area contributed by atoms with E-state index >= 15 is 0 Å². The zero-order valence-corrected chi connectivity index (χ0v) is 10.5. The summed E-state index contributed by atoms with van der Waals surface area (Å²) in [7, 11) is 1.70. The van der Waals surface area contributed by atoms with Crippen LogP contribution in [0, 0.1) is 0 Å². The molecule has 2 aromatic rings. The first kappa shape index (κ1) is 11.6. The smallest absolute Gasteiger partial charge is 0.193 e. The first-order valence-electron chi connectivity index (χ1n) is 5.30. The Morgan fingerprint density at radius 2 is 2.44 bits per heavy atom. The van der Waals surface area contributed by atoms with Gasteiger partial charge in [-0.2, -0.15) is 0 Å². The standard InChI is InChI=1S/C11H17N3OS/c1-11(12,3-5-15-2)7-9-8-14-4-6-16-10(14)13-9/h4,6,8H,3,5,7,12H2,1-2H3. The van der Waals surface area contributed by atoms with Crippen LogP contribution >= 0.6 is 11.3 Å². The van der Waals surface area contributed by atoms with Crippen molar-refractivity contribution in [1.29, 1.82) is 0 Å². The number of hydrogen-bond acceptors (Lipinski definition) is 4. The second kappa shape index (κ2) is 4.53. The second-order valence-electron chi connectivity index (χ2n) is 4.40. The predicted octanol–water partition coefficient (Wildman–Crippen LogP) is 1.69. The van der Waals surface area contributed by atoms with Crippen molar-refractivity contribution in [3.8, 4) is 0 Å². The number of fused-ring (bicyclic) bond motifs is 1. The van der Waals surface area contributed by atoms with Crippen LogP contribution in [0.15, 0.2) is 17.8 Å². The average molecular weight is 239 g/mol. The summed E-state index contributed by atoms with van der Waals surface area (Å²) in [6.45, 7) is 2.73. The quantitative estimate of drug-likeness (QED) is 0.864. The van der Waals surface area contributed by atoms with E-state index in [1.165, 1.54) is 0 Å². The fraction of sp³-hybridized carbons (Fsp3) is 0.545. The molecule has 4 nitrogen and oxygen atoms in total. The van der Waals surface area contributed by atoms with Gasteiger partial charge in [0.25, 0.3) is 0 Å². The van der Waals surface area contributed by atoms with Gasteiger partial charge in [0.05, 0.1) is 5.69 Å². The zero-order valence-electron chi connectivity index (χ0n) is 9.64. The first-order valence-corrected chi connectivity index (χ1v) is 6.17. The van der Waals surface area contributed by atoms with Gasteiger partial charge in [-0.05, 0) is 13.3 Å². The van der Waals surface area contributed by atoms with Crippen molar-refractivity contribution in [3.05, 3.63) is 23.5 Å². The lowest BCUT2D eigenvalue weighted by Gasteiger charge is -2.22. The number of aromatic nitrogens is 2. The van der Waals surface area contributed by atoms with Crippen LogP contribution in [0.3, 0.4) is 0 Å². The van der Waals surface area contributed by atoms with Gasteiger partial charge in [0.15, 0.2) is 4.96 Å². The minimum atomic E-state index is -0.250. The van der Waals surface area contributed by atoms with Gasteiger partial charge in [0.2, 0.25) is 0 Å². The highest BCUT2D eigenvalue weighted by Crippen LogP contribution is 2.17. The van der Waals surface area contributed by atoms with E-state index < -0.39 is 0 Å². The number of thiazole rings is 1. The van der Waals surface area contributed by atoms with Crippen LogP contribution in [0.25, 0.3) is 4.96 Å². The Kier molecular flexibility index (Phi) is 3.28. The maximum atomic E-state index is 6.20. The highest BCUT2D eigenvalue weighted by Gasteiger charge is 2.20. The fourth-order valence-electron chi connectivity index (χ4n) is 1.70. The molecule has 0 saturated carbocycles. The van der Waals surface area contributed by atoms with Gasteiger partial charge in [-0.25, -0.2) is 4.98 Å². The lowest BCUT2D eigenvalue weighted by atomic mass is 9.94. The van der Waals surface area contributed by atoms with E-state index in [1.54, 1.807) is 18.4 Å². The summed E-state index contributed by atoms with van der Waals surface area (Å²) in [6, 6.07) is 0. The van der Waals surface area contributed by atoms with E-state index in [-0.39, 0.29) is 5.54 Å². The number of methoxy groups -OCH3 is 1. The minimum Gasteiger partial charge on any atom is -0.385 e. The molecule has 5 heteroatoms. The fourth-order valence-corrected chi connectivity index (χ4v) is 2.42. The Morgan fingerprint density at radius 3 is 3.12 bits per heavy atom. The van der Waals surface area contributed by atoms with Crippen LogP contribution in [0.2, 0.25) is 0 Å². The lowest BCUT2D eigenvalue weighted by Crippen LogP contribution is -2.39. The van der Waals surface area contributed by atoms with Crippen LogP contribution in [0.1, 0.15) is 19.0 Å². The number of nitrogens with zero attached hydrogens (tertiary/aromatic N) is 2. The van der Waals surface area contributed by atoms with Gasteiger partial charge < -0.3 is 10.5 Å². The summed E-state index contributed by atoms with van der Waals surface area (Å²) < 4.78 is 7.09. The molecular formula is C11H17N3OS. The van der Waals surface area contributed by atoms with Crippen molar-refractivity contribution < 1.29 is 4.74 Å². The normalized spacial score (nSPS) is 15.4. The molecule has 0 aliphatic carbocycles. The minimum absolute atomic E-state index is 0.250. The van der Waals surface area contributed by atoms with Crippen molar-refractivity contribution >= 4 is 16.3 Å². The van der Waals surface area contributed by atoms with Crippen molar-refractivity contribution in [2.24, 2.45) is 5.73 Å². The average Bonchev–Trinajstić information content (AvgIpc) is 2.74. The maximum Gasteiger partial charge on any atom is 0.193 e. The van der Waals surface area contributed by atoms with Gasteiger partial charge >= 0.3 is 0 Å². The molecule has 0 aromatic carbocycles. The maximum absolute atomic E-state index is 6.20. The van der Waals surface area contributed by atoms with Crippen LogP contribution in [-0.4, -0.2) is 28.6 Å². The zero-order chi connectivity index (χ0) is 11.6. The SMILES string of the molecule is COCCC(C)(N)Cc1cn2ccsc2n1. The van der Waals surface area contributed by atoms with Crippen molar-refractivity contribution in [3.63, 3.8) is 0 Å². The van der Waals surface area contributed by atoms with Gasteiger partial charge in [0.1, 0.15) is 0 Å². The van der Waals surface area contributed by atoms with E-state index in [0.29, 0.717) is 6.61 Å². The Morgan fingerprint density at radius 1 is 1.62 bits per heavy atom. The molecule has 0 saturated heterocycles. The number of rotatable bonds is 5. The van der Waals surface area contributed by atoms with Crippen molar-refractivity contribution in [2.75, 3.05) is 13.7 Å². The van der Waals surface area contributed by atoms with E-state index in [0.717, 1.165) is 23.5 Å². The molecular weight excluding hydrogens is 222 g/mol. The summed E-state index contributed by atoms with van der Waals surface area (Å²) in [5.74, 6) is 0. The molecule has 2 N–H and O–H groups in total. The molecule has 0 bridgehead atoms. The van der Waals surface area contributed by atoms with E-state index in [9.17, 15) is 0 Å². The Balaban J connectivity index is 2.06. The Labute approximate surface area is 99.1 Å². The predicted molar refractivity (Wildman–Crippen MR) is 65.9 cm³/mol. The van der Waals surface area contributed by atoms with E-state index in [4.69, 9.17) is 10.5 Å². The molecule has 1 atom stereocenters. The molecule has 0 fully saturated rings. The topological polar surface area (TPSA) is 52.5 Å². The molecule has 1 unspecified atom stereocenters. The van der Waals surface area contributed by atoms with E-state index in [1.807, 2.05) is 29.1 Å². The van der Waals surface area contributed by atoms with Crippen LogP contribution in [-0.2, 0) is 11.2 Å². The molecule has 0 amide bonds. The molecule has 2 rings (SSSR count). The molecule has 0 aliphatic rings. The monoisotopic (exact) mass is 239 g/mol. The third-order valence-corrected chi connectivity index (χ3v) is 3.38. The largest absolute Gasteiger partial charge is 0.385 e. The Hall–Kier alpha value is -0.910. The molecule has 0 aliphatic heterocycles. The molecule has 2 aromatic heterocycles. The molecule has 0 radical (unpaired) electrons. The highest BCUT2D eigenvalue weighted by atomic mass is 32.1. The van der Waals surface area contributed by atoms with Gasteiger partial charge in [0, 0.05) is 43.5 Å². The van der Waals surface area contributed by atoms with Crippen molar-refractivity contribution in [2.45, 2.75) is 25.3 Å². The first-order chi connectivity index (χ1) is 7.61. The Bertz CT molecular complexity index is 432. The van der Waals surface area contributed by atoms with Crippen LogP contribution in [0.4, 0.5) is 0 Å². The van der Waals surface area contributed by atoms with Gasteiger partial charge in [-0.1, -0.05) is 0 Å². The molecule has 16 heavy (non-hydrogen) atoms. The highest BCUT2D eigenvalue weighted by molar-refractivity contribution is 7.15. The number of nitrogens with two attached hydrogens (primary N) is 1. The summed E-state index contributed by atoms with van der Waals surface area (Å²) in [6.07, 6.45) is 5.68. The lowest BCUT2D eigenvalue weighted by molar-refractivity contribution is 0.171.